The average molecular weight is 275 g/mol. The summed E-state index contributed by atoms with van der Waals surface area (Å²) in [6.07, 6.45) is 1.88. The summed E-state index contributed by atoms with van der Waals surface area (Å²) >= 11 is 1.78. The lowest BCUT2D eigenvalue weighted by atomic mass is 10.1. The first kappa shape index (κ1) is 11.5. The molecule has 0 aliphatic rings. The van der Waals surface area contributed by atoms with Gasteiger partial charge in [-0.1, -0.05) is 36.9 Å². The highest BCUT2D eigenvalue weighted by atomic mass is 32.1. The van der Waals surface area contributed by atoms with Crippen LogP contribution in [-0.2, 0) is 0 Å². The number of benzene rings is 2. The van der Waals surface area contributed by atoms with E-state index in [1.165, 1.54) is 32.2 Å². The van der Waals surface area contributed by atoms with Gasteiger partial charge in [0.25, 0.3) is 0 Å². The largest absolute Gasteiger partial charge is 0.317 e. The van der Waals surface area contributed by atoms with Gasteiger partial charge in [0.05, 0.1) is 11.0 Å². The standard InChI is InChI=1S/C18H13NS/c1-2-19-16-7-4-3-6-14(16)15-12-13(9-10-17(15)19)18-8-5-11-20-18/h2-12H,1H2. The lowest BCUT2D eigenvalue weighted by molar-refractivity contribution is 1.30. The maximum atomic E-state index is 3.94. The Morgan fingerprint density at radius 1 is 0.900 bits per heavy atom. The van der Waals surface area contributed by atoms with Crippen molar-refractivity contribution in [3.05, 3.63) is 66.6 Å². The molecule has 2 aromatic carbocycles. The maximum absolute atomic E-state index is 3.94. The van der Waals surface area contributed by atoms with E-state index in [-0.39, 0.29) is 0 Å². The van der Waals surface area contributed by atoms with Crippen LogP contribution in [-0.4, -0.2) is 4.57 Å². The molecule has 0 saturated heterocycles. The molecular weight excluding hydrogens is 262 g/mol. The molecule has 0 N–H and O–H groups in total. The second-order valence-electron chi connectivity index (χ2n) is 4.78. The van der Waals surface area contributed by atoms with Crippen molar-refractivity contribution < 1.29 is 0 Å². The van der Waals surface area contributed by atoms with Gasteiger partial charge in [-0.05, 0) is 35.2 Å². The second-order valence-corrected chi connectivity index (χ2v) is 5.73. The molecule has 20 heavy (non-hydrogen) atoms. The minimum atomic E-state index is 1.21. The molecule has 0 saturated carbocycles. The Kier molecular flexibility index (Phi) is 2.51. The van der Waals surface area contributed by atoms with Crippen molar-refractivity contribution in [2.45, 2.75) is 0 Å². The number of rotatable bonds is 2. The predicted molar refractivity (Wildman–Crippen MR) is 89.1 cm³/mol. The second kappa shape index (κ2) is 4.36. The number of fused-ring (bicyclic) bond motifs is 3. The third kappa shape index (κ3) is 1.55. The molecule has 0 spiro atoms. The summed E-state index contributed by atoms with van der Waals surface area (Å²) < 4.78 is 2.16. The average Bonchev–Trinajstić information content (AvgIpc) is 3.12. The van der Waals surface area contributed by atoms with E-state index >= 15 is 0 Å². The summed E-state index contributed by atoms with van der Waals surface area (Å²) in [5.41, 5.74) is 3.70. The van der Waals surface area contributed by atoms with Gasteiger partial charge in [-0.15, -0.1) is 11.3 Å². The molecule has 2 heteroatoms. The molecule has 0 aliphatic heterocycles. The SMILES string of the molecule is C=Cn1c2ccccc2c2cc(-c3cccs3)ccc21. The first-order valence-electron chi connectivity index (χ1n) is 6.57. The van der Waals surface area contributed by atoms with Crippen LogP contribution in [0.3, 0.4) is 0 Å². The van der Waals surface area contributed by atoms with Crippen LogP contribution in [0.2, 0.25) is 0 Å². The van der Waals surface area contributed by atoms with Gasteiger partial charge in [0.2, 0.25) is 0 Å². The number of thiophene rings is 1. The fraction of sp³-hybridized carbons (Fsp3) is 0. The van der Waals surface area contributed by atoms with Crippen molar-refractivity contribution in [2.75, 3.05) is 0 Å². The Morgan fingerprint density at radius 3 is 2.55 bits per heavy atom. The van der Waals surface area contributed by atoms with Crippen molar-refractivity contribution in [1.29, 1.82) is 0 Å². The Hall–Kier alpha value is -2.32. The van der Waals surface area contributed by atoms with Gasteiger partial charge in [-0.2, -0.15) is 0 Å². The Labute approximate surface area is 121 Å². The Bertz CT molecular complexity index is 913. The molecule has 0 amide bonds. The van der Waals surface area contributed by atoms with Gasteiger partial charge >= 0.3 is 0 Å². The highest BCUT2D eigenvalue weighted by Crippen LogP contribution is 2.33. The first-order chi connectivity index (χ1) is 9.88. The maximum Gasteiger partial charge on any atom is 0.0535 e. The zero-order chi connectivity index (χ0) is 13.5. The molecule has 4 aromatic rings. The topological polar surface area (TPSA) is 4.93 Å². The molecule has 0 aliphatic carbocycles. The zero-order valence-electron chi connectivity index (χ0n) is 10.9. The van der Waals surface area contributed by atoms with Crippen molar-refractivity contribution >= 4 is 39.3 Å². The molecule has 0 unspecified atom stereocenters. The molecule has 0 fully saturated rings. The van der Waals surface area contributed by atoms with Crippen molar-refractivity contribution in [3.8, 4) is 10.4 Å². The van der Waals surface area contributed by atoms with E-state index < -0.39 is 0 Å². The summed E-state index contributed by atoms with van der Waals surface area (Å²) in [5, 5.41) is 4.68. The third-order valence-electron chi connectivity index (χ3n) is 3.70. The van der Waals surface area contributed by atoms with E-state index in [1.54, 1.807) is 11.3 Å². The molecule has 2 heterocycles. The van der Waals surface area contributed by atoms with Gasteiger partial charge in [0.1, 0.15) is 0 Å². The highest BCUT2D eigenvalue weighted by molar-refractivity contribution is 7.13. The molecule has 0 atom stereocenters. The lowest BCUT2D eigenvalue weighted by Gasteiger charge is -2.00. The minimum absolute atomic E-state index is 1.21. The van der Waals surface area contributed by atoms with Crippen LogP contribution < -0.4 is 0 Å². The lowest BCUT2D eigenvalue weighted by Crippen LogP contribution is -1.83. The van der Waals surface area contributed by atoms with Crippen molar-refractivity contribution in [3.63, 3.8) is 0 Å². The minimum Gasteiger partial charge on any atom is -0.317 e. The van der Waals surface area contributed by atoms with E-state index in [9.17, 15) is 0 Å². The molecule has 4 rings (SSSR count). The number of aromatic nitrogens is 1. The van der Waals surface area contributed by atoms with E-state index in [4.69, 9.17) is 0 Å². The number of hydrogen-bond donors (Lipinski definition) is 0. The summed E-state index contributed by atoms with van der Waals surface area (Å²) in [4.78, 5) is 1.31. The van der Waals surface area contributed by atoms with Gasteiger partial charge in [0.15, 0.2) is 0 Å². The van der Waals surface area contributed by atoms with Gasteiger partial charge in [0, 0.05) is 21.8 Å². The quantitative estimate of drug-likeness (QED) is 0.447. The van der Waals surface area contributed by atoms with Crippen LogP contribution in [0.25, 0.3) is 38.4 Å². The number of nitrogens with zero attached hydrogens (tertiary/aromatic N) is 1. The fourth-order valence-electron chi connectivity index (χ4n) is 2.80. The number of para-hydroxylation sites is 1. The Morgan fingerprint density at radius 2 is 1.75 bits per heavy atom. The molecule has 2 aromatic heterocycles. The normalized spacial score (nSPS) is 11.2. The van der Waals surface area contributed by atoms with Crippen LogP contribution in [0.1, 0.15) is 0 Å². The summed E-state index contributed by atoms with van der Waals surface area (Å²) in [5.74, 6) is 0. The van der Waals surface area contributed by atoms with E-state index in [2.05, 4.69) is 71.1 Å². The van der Waals surface area contributed by atoms with Crippen LogP contribution in [0.4, 0.5) is 0 Å². The number of hydrogen-bond acceptors (Lipinski definition) is 1. The highest BCUT2D eigenvalue weighted by Gasteiger charge is 2.09. The van der Waals surface area contributed by atoms with E-state index in [0.29, 0.717) is 0 Å². The Balaban J connectivity index is 2.12. The molecule has 1 nitrogen and oxygen atoms in total. The van der Waals surface area contributed by atoms with Gasteiger partial charge < -0.3 is 4.57 Å². The van der Waals surface area contributed by atoms with Crippen LogP contribution in [0.15, 0.2) is 66.6 Å². The first-order valence-corrected chi connectivity index (χ1v) is 7.45. The third-order valence-corrected chi connectivity index (χ3v) is 4.62. The molecular formula is C18H13NS. The van der Waals surface area contributed by atoms with Gasteiger partial charge in [-0.25, -0.2) is 0 Å². The summed E-state index contributed by atoms with van der Waals surface area (Å²) in [6, 6.07) is 19.4. The zero-order valence-corrected chi connectivity index (χ0v) is 11.7. The summed E-state index contributed by atoms with van der Waals surface area (Å²) in [6.45, 7) is 3.94. The predicted octanol–water partition coefficient (Wildman–Crippen LogP) is 5.62. The van der Waals surface area contributed by atoms with Crippen LogP contribution in [0.5, 0.6) is 0 Å². The van der Waals surface area contributed by atoms with Crippen LogP contribution >= 0.6 is 11.3 Å². The van der Waals surface area contributed by atoms with Crippen molar-refractivity contribution in [1.82, 2.24) is 4.57 Å². The van der Waals surface area contributed by atoms with E-state index in [1.807, 2.05) is 6.20 Å². The summed E-state index contributed by atoms with van der Waals surface area (Å²) in [7, 11) is 0. The molecule has 0 radical (unpaired) electrons. The monoisotopic (exact) mass is 275 g/mol. The smallest absolute Gasteiger partial charge is 0.0535 e. The molecule has 0 bridgehead atoms. The van der Waals surface area contributed by atoms with E-state index in [0.717, 1.165) is 0 Å². The van der Waals surface area contributed by atoms with Crippen molar-refractivity contribution in [2.24, 2.45) is 0 Å². The van der Waals surface area contributed by atoms with Gasteiger partial charge in [-0.3, -0.25) is 0 Å². The fourth-order valence-corrected chi connectivity index (χ4v) is 3.52. The molecule has 96 valence electrons. The van der Waals surface area contributed by atoms with Crippen LogP contribution in [0, 0.1) is 0 Å².